The first-order chi connectivity index (χ1) is 10.0. The van der Waals surface area contributed by atoms with E-state index in [0.29, 0.717) is 22.6 Å². The minimum atomic E-state index is 0.00677. The van der Waals surface area contributed by atoms with E-state index in [4.69, 9.17) is 5.73 Å². The minimum absolute atomic E-state index is 0.00677. The highest BCUT2D eigenvalue weighted by molar-refractivity contribution is 7.99. The van der Waals surface area contributed by atoms with Crippen LogP contribution in [0.5, 0.6) is 0 Å². The number of hydrogen-bond donors (Lipinski definition) is 1. The molecule has 0 bridgehead atoms. The molecule has 1 unspecified atom stereocenters. The third-order valence-corrected chi connectivity index (χ3v) is 3.89. The van der Waals surface area contributed by atoms with Crippen LogP contribution >= 0.6 is 11.8 Å². The molecule has 2 N–H and O–H groups in total. The Morgan fingerprint density at radius 1 is 1.24 bits per heavy atom. The molecule has 0 aromatic carbocycles. The first-order valence-electron chi connectivity index (χ1n) is 6.49. The van der Waals surface area contributed by atoms with E-state index in [9.17, 15) is 0 Å². The lowest BCUT2D eigenvalue weighted by atomic mass is 10.4. The average molecular weight is 301 g/mol. The highest BCUT2D eigenvalue weighted by Gasteiger charge is 2.15. The molecule has 1 atom stereocenters. The smallest absolute Gasteiger partial charge is 0.253 e. The van der Waals surface area contributed by atoms with Gasteiger partial charge in [-0.2, -0.15) is 4.98 Å². The van der Waals surface area contributed by atoms with Crippen molar-refractivity contribution >= 4 is 23.4 Å². The van der Waals surface area contributed by atoms with E-state index in [2.05, 4.69) is 25.0 Å². The molecule has 3 aromatic heterocycles. The second-order valence-electron chi connectivity index (χ2n) is 4.74. The lowest BCUT2D eigenvalue weighted by molar-refractivity contribution is 0.837. The third kappa shape index (κ3) is 2.80. The Balaban J connectivity index is 1.89. The fourth-order valence-electron chi connectivity index (χ4n) is 1.99. The summed E-state index contributed by atoms with van der Waals surface area (Å²) < 4.78 is 1.74. The molecule has 0 aliphatic heterocycles. The normalized spacial score (nSPS) is 12.7. The quantitative estimate of drug-likeness (QED) is 0.739. The van der Waals surface area contributed by atoms with Crippen LogP contribution in [0.2, 0.25) is 0 Å². The van der Waals surface area contributed by atoms with Crippen molar-refractivity contribution in [3.63, 3.8) is 0 Å². The lowest BCUT2D eigenvalue weighted by Gasteiger charge is -2.06. The van der Waals surface area contributed by atoms with Crippen LogP contribution in [0.15, 0.2) is 23.5 Å². The van der Waals surface area contributed by atoms with Gasteiger partial charge in [-0.25, -0.2) is 19.5 Å². The van der Waals surface area contributed by atoms with Crippen LogP contribution in [0.4, 0.5) is 5.82 Å². The fourth-order valence-corrected chi connectivity index (χ4v) is 2.79. The first kappa shape index (κ1) is 13.7. The number of nitrogens with two attached hydrogens (primary N) is 1. The van der Waals surface area contributed by atoms with Gasteiger partial charge in [-0.15, -0.1) is 5.10 Å². The Labute approximate surface area is 126 Å². The van der Waals surface area contributed by atoms with Crippen LogP contribution in [0.1, 0.15) is 29.4 Å². The molecular weight excluding hydrogens is 286 g/mol. The first-order valence-corrected chi connectivity index (χ1v) is 7.37. The maximum atomic E-state index is 5.68. The van der Waals surface area contributed by atoms with Crippen LogP contribution in [0.3, 0.4) is 0 Å². The van der Waals surface area contributed by atoms with Gasteiger partial charge in [0.15, 0.2) is 0 Å². The lowest BCUT2D eigenvalue weighted by Crippen LogP contribution is -2.01. The summed E-state index contributed by atoms with van der Waals surface area (Å²) in [6, 6.07) is 3.64. The van der Waals surface area contributed by atoms with Crippen molar-refractivity contribution in [2.24, 2.45) is 0 Å². The predicted molar refractivity (Wildman–Crippen MR) is 81.0 cm³/mol. The summed E-state index contributed by atoms with van der Waals surface area (Å²) in [4.78, 5) is 17.3. The molecule has 0 spiro atoms. The van der Waals surface area contributed by atoms with Gasteiger partial charge in [0, 0.05) is 17.6 Å². The van der Waals surface area contributed by atoms with E-state index in [-0.39, 0.29) is 5.25 Å². The highest BCUT2D eigenvalue weighted by Crippen LogP contribution is 2.31. The van der Waals surface area contributed by atoms with Crippen molar-refractivity contribution in [3.05, 3.63) is 35.5 Å². The molecule has 0 aliphatic carbocycles. The third-order valence-electron chi connectivity index (χ3n) is 2.94. The molecule has 8 heteroatoms. The van der Waals surface area contributed by atoms with E-state index in [0.717, 1.165) is 11.4 Å². The second-order valence-corrected chi connectivity index (χ2v) is 6.05. The second kappa shape index (κ2) is 5.28. The molecule has 3 heterocycles. The van der Waals surface area contributed by atoms with Gasteiger partial charge in [0.2, 0.25) is 5.16 Å². The molecule has 0 amide bonds. The zero-order chi connectivity index (χ0) is 15.0. The maximum absolute atomic E-state index is 5.68. The number of anilines is 1. The number of nitrogens with zero attached hydrogens (tertiary/aromatic N) is 6. The molecule has 108 valence electrons. The highest BCUT2D eigenvalue weighted by atomic mass is 32.2. The average Bonchev–Trinajstić information content (AvgIpc) is 2.81. The van der Waals surface area contributed by atoms with Crippen LogP contribution < -0.4 is 5.73 Å². The topological polar surface area (TPSA) is 94.9 Å². The van der Waals surface area contributed by atoms with Gasteiger partial charge < -0.3 is 5.73 Å². The van der Waals surface area contributed by atoms with Crippen LogP contribution in [-0.4, -0.2) is 29.5 Å². The summed E-state index contributed by atoms with van der Waals surface area (Å²) in [5.41, 5.74) is 7.61. The van der Waals surface area contributed by atoms with Crippen molar-refractivity contribution in [1.82, 2.24) is 29.5 Å². The van der Waals surface area contributed by atoms with E-state index in [1.54, 1.807) is 16.8 Å². The summed E-state index contributed by atoms with van der Waals surface area (Å²) in [5, 5.41) is 5.12. The van der Waals surface area contributed by atoms with Crippen LogP contribution in [-0.2, 0) is 0 Å². The van der Waals surface area contributed by atoms with Gasteiger partial charge in [0.25, 0.3) is 5.78 Å². The number of nitrogen functional groups attached to an aromatic ring is 1. The van der Waals surface area contributed by atoms with Gasteiger partial charge in [0.1, 0.15) is 11.6 Å². The van der Waals surface area contributed by atoms with Crippen molar-refractivity contribution in [2.75, 3.05) is 5.73 Å². The number of rotatable bonds is 3. The Hall–Kier alpha value is -2.22. The maximum Gasteiger partial charge on any atom is 0.253 e. The zero-order valence-corrected chi connectivity index (χ0v) is 12.8. The Kier molecular flexibility index (Phi) is 3.46. The zero-order valence-electron chi connectivity index (χ0n) is 12.0. The predicted octanol–water partition coefficient (Wildman–Crippen LogP) is 1.97. The standard InChI is InChI=1S/C13H15N7S/c1-7-6-8(2)20-12(16-7)18-13(19-20)21-9(3)11-15-5-4-10(14)17-11/h4-6,9H,1-3H3,(H2,14,15,17). The van der Waals surface area contributed by atoms with Crippen LogP contribution in [0, 0.1) is 13.8 Å². The van der Waals surface area contributed by atoms with E-state index in [1.807, 2.05) is 26.8 Å². The van der Waals surface area contributed by atoms with Crippen molar-refractivity contribution < 1.29 is 0 Å². The summed E-state index contributed by atoms with van der Waals surface area (Å²) in [7, 11) is 0. The molecular formula is C13H15N7S. The van der Waals surface area contributed by atoms with Gasteiger partial charge in [-0.1, -0.05) is 11.8 Å². The van der Waals surface area contributed by atoms with Crippen molar-refractivity contribution in [1.29, 1.82) is 0 Å². The summed E-state index contributed by atoms with van der Waals surface area (Å²) in [6.07, 6.45) is 1.65. The Bertz CT molecular complexity index is 798. The SMILES string of the molecule is Cc1cc(C)n2nc(SC(C)c3nccc(N)n3)nc2n1. The number of thioether (sulfide) groups is 1. The van der Waals surface area contributed by atoms with Gasteiger partial charge in [0.05, 0.1) is 5.25 Å². The number of fused-ring (bicyclic) bond motifs is 1. The molecule has 3 rings (SSSR count). The summed E-state index contributed by atoms with van der Waals surface area (Å²) in [6.45, 7) is 5.92. The monoisotopic (exact) mass is 301 g/mol. The van der Waals surface area contributed by atoms with Crippen LogP contribution in [0.25, 0.3) is 5.78 Å². The molecule has 21 heavy (non-hydrogen) atoms. The molecule has 0 saturated heterocycles. The van der Waals surface area contributed by atoms with E-state index < -0.39 is 0 Å². The molecule has 3 aromatic rings. The molecule has 0 fully saturated rings. The molecule has 7 nitrogen and oxygen atoms in total. The molecule has 0 radical (unpaired) electrons. The molecule has 0 saturated carbocycles. The Morgan fingerprint density at radius 2 is 2.05 bits per heavy atom. The Morgan fingerprint density at radius 3 is 2.81 bits per heavy atom. The minimum Gasteiger partial charge on any atom is -0.384 e. The number of aromatic nitrogens is 6. The summed E-state index contributed by atoms with van der Waals surface area (Å²) >= 11 is 1.48. The number of aryl methyl sites for hydroxylation is 2. The van der Waals surface area contributed by atoms with E-state index in [1.165, 1.54) is 11.8 Å². The molecule has 0 aliphatic rings. The van der Waals surface area contributed by atoms with Crippen molar-refractivity contribution in [2.45, 2.75) is 31.2 Å². The van der Waals surface area contributed by atoms with Crippen molar-refractivity contribution in [3.8, 4) is 0 Å². The van der Waals surface area contributed by atoms with E-state index >= 15 is 0 Å². The van der Waals surface area contributed by atoms with Gasteiger partial charge in [-0.05, 0) is 32.9 Å². The fraction of sp³-hybridized carbons (Fsp3) is 0.308. The summed E-state index contributed by atoms with van der Waals surface area (Å²) in [5.74, 6) is 1.74. The van der Waals surface area contributed by atoms with Gasteiger partial charge in [-0.3, -0.25) is 0 Å². The largest absolute Gasteiger partial charge is 0.384 e. The van der Waals surface area contributed by atoms with Gasteiger partial charge >= 0.3 is 0 Å². The number of hydrogen-bond acceptors (Lipinski definition) is 7.